The van der Waals surface area contributed by atoms with Crippen molar-refractivity contribution in [1.82, 2.24) is 14.4 Å². The van der Waals surface area contributed by atoms with Gasteiger partial charge in [-0.15, -0.1) is 0 Å². The highest BCUT2D eigenvalue weighted by Crippen LogP contribution is 2.30. The molecular formula is C20H20N4O6S. The Morgan fingerprint density at radius 2 is 1.97 bits per heavy atom. The Morgan fingerprint density at radius 3 is 2.65 bits per heavy atom. The molecule has 0 atom stereocenters. The minimum absolute atomic E-state index is 0.0431. The van der Waals surface area contributed by atoms with Crippen molar-refractivity contribution in [3.63, 3.8) is 0 Å². The van der Waals surface area contributed by atoms with Crippen molar-refractivity contribution in [3.8, 4) is 17.1 Å². The molecule has 2 aromatic carbocycles. The van der Waals surface area contributed by atoms with Crippen LogP contribution < -0.4 is 15.8 Å². The standard InChI is InChI=1S/C20H20N4O6S/c1-29-16-8-7-14(12-17(16)31(27,28)24-9-2-3-10-24)19(25)21-15-6-4-5-13(11-15)18-22-20(26)30-23-18/h4-8,11-12H,2-3,9-10H2,1H3,(H,21,25)(H,22,23,26). The fourth-order valence-electron chi connectivity index (χ4n) is 3.39. The number of hydrogen-bond acceptors (Lipinski definition) is 7. The molecule has 0 radical (unpaired) electrons. The number of nitrogens with one attached hydrogen (secondary N) is 2. The van der Waals surface area contributed by atoms with Crippen LogP contribution in [0, 0.1) is 0 Å². The Morgan fingerprint density at radius 1 is 1.19 bits per heavy atom. The Labute approximate surface area is 177 Å². The number of ether oxygens (including phenoxy) is 1. The van der Waals surface area contributed by atoms with E-state index in [-0.39, 0.29) is 22.0 Å². The Bertz CT molecular complexity index is 1270. The van der Waals surface area contributed by atoms with Gasteiger partial charge < -0.3 is 10.1 Å². The summed E-state index contributed by atoms with van der Waals surface area (Å²) >= 11 is 0. The van der Waals surface area contributed by atoms with Crippen molar-refractivity contribution in [2.24, 2.45) is 0 Å². The molecule has 31 heavy (non-hydrogen) atoms. The molecule has 0 saturated carbocycles. The molecule has 0 bridgehead atoms. The highest BCUT2D eigenvalue weighted by molar-refractivity contribution is 7.89. The van der Waals surface area contributed by atoms with E-state index in [4.69, 9.17) is 4.74 Å². The molecule has 1 fully saturated rings. The maximum Gasteiger partial charge on any atom is 0.439 e. The fraction of sp³-hybridized carbons (Fsp3) is 0.250. The quantitative estimate of drug-likeness (QED) is 0.594. The van der Waals surface area contributed by atoms with Crippen molar-refractivity contribution in [2.75, 3.05) is 25.5 Å². The normalized spacial score (nSPS) is 14.5. The maximum atomic E-state index is 13.0. The number of nitrogens with zero attached hydrogens (tertiary/aromatic N) is 2. The number of aromatic amines is 1. The van der Waals surface area contributed by atoms with E-state index in [9.17, 15) is 18.0 Å². The average Bonchev–Trinajstić information content (AvgIpc) is 3.46. The van der Waals surface area contributed by atoms with E-state index < -0.39 is 21.7 Å². The second-order valence-electron chi connectivity index (χ2n) is 6.96. The molecule has 1 saturated heterocycles. The van der Waals surface area contributed by atoms with Crippen LogP contribution in [0.4, 0.5) is 5.69 Å². The molecule has 2 N–H and O–H groups in total. The average molecular weight is 444 g/mol. The molecular weight excluding hydrogens is 424 g/mol. The van der Waals surface area contributed by atoms with Gasteiger partial charge in [0.05, 0.1) is 7.11 Å². The molecule has 1 aromatic heterocycles. The number of anilines is 1. The Kier molecular flexibility index (Phi) is 5.61. The molecule has 0 unspecified atom stereocenters. The number of H-pyrrole nitrogens is 1. The van der Waals surface area contributed by atoms with Gasteiger partial charge >= 0.3 is 5.76 Å². The molecule has 0 aliphatic carbocycles. The van der Waals surface area contributed by atoms with E-state index in [1.54, 1.807) is 24.3 Å². The van der Waals surface area contributed by atoms with Crippen molar-refractivity contribution in [1.29, 1.82) is 0 Å². The van der Waals surface area contributed by atoms with Gasteiger partial charge in [0, 0.05) is 29.9 Å². The van der Waals surface area contributed by atoms with Gasteiger partial charge in [-0.2, -0.15) is 4.31 Å². The summed E-state index contributed by atoms with van der Waals surface area (Å²) in [5.74, 6) is -0.772. The van der Waals surface area contributed by atoms with Gasteiger partial charge in [0.25, 0.3) is 5.91 Å². The van der Waals surface area contributed by atoms with E-state index in [2.05, 4.69) is 20.0 Å². The topological polar surface area (TPSA) is 135 Å². The van der Waals surface area contributed by atoms with Gasteiger partial charge in [-0.25, -0.2) is 13.2 Å². The zero-order valence-electron chi connectivity index (χ0n) is 16.6. The Balaban J connectivity index is 1.61. The van der Waals surface area contributed by atoms with Crippen LogP contribution in [0.3, 0.4) is 0 Å². The third kappa shape index (κ3) is 4.23. The van der Waals surface area contributed by atoms with Crippen LogP contribution in [0.25, 0.3) is 11.4 Å². The van der Waals surface area contributed by atoms with Gasteiger partial charge in [-0.1, -0.05) is 17.3 Å². The summed E-state index contributed by atoms with van der Waals surface area (Å²) in [6.45, 7) is 0.887. The molecule has 1 aliphatic heterocycles. The van der Waals surface area contributed by atoms with Gasteiger partial charge in [0.2, 0.25) is 10.0 Å². The molecule has 4 rings (SSSR count). The lowest BCUT2D eigenvalue weighted by Gasteiger charge is -2.18. The number of benzene rings is 2. The minimum atomic E-state index is -3.77. The summed E-state index contributed by atoms with van der Waals surface area (Å²) in [5, 5.41) is 6.34. The van der Waals surface area contributed by atoms with E-state index >= 15 is 0 Å². The summed E-state index contributed by atoms with van der Waals surface area (Å²) < 4.78 is 37.2. The molecule has 1 aliphatic rings. The first kappa shape index (κ1) is 20.8. The highest BCUT2D eigenvalue weighted by Gasteiger charge is 2.30. The SMILES string of the molecule is COc1ccc(C(=O)Nc2cccc(-c3noc(=O)[nH]3)c2)cc1S(=O)(=O)N1CCCC1. The van der Waals surface area contributed by atoms with Gasteiger partial charge in [0.1, 0.15) is 10.6 Å². The Hall–Kier alpha value is -3.44. The van der Waals surface area contributed by atoms with E-state index in [0.717, 1.165) is 12.8 Å². The second-order valence-corrected chi connectivity index (χ2v) is 8.86. The lowest BCUT2D eigenvalue weighted by atomic mass is 10.1. The minimum Gasteiger partial charge on any atom is -0.495 e. The van der Waals surface area contributed by atoms with Crippen LogP contribution >= 0.6 is 0 Å². The summed E-state index contributed by atoms with van der Waals surface area (Å²) in [5.41, 5.74) is 1.14. The van der Waals surface area contributed by atoms with Crippen molar-refractivity contribution in [2.45, 2.75) is 17.7 Å². The van der Waals surface area contributed by atoms with Crippen LogP contribution in [-0.2, 0) is 10.0 Å². The van der Waals surface area contributed by atoms with Gasteiger partial charge in [0.15, 0.2) is 5.82 Å². The maximum absolute atomic E-state index is 13.0. The van der Waals surface area contributed by atoms with Crippen LogP contribution in [0.5, 0.6) is 5.75 Å². The zero-order valence-corrected chi connectivity index (χ0v) is 17.4. The first-order valence-electron chi connectivity index (χ1n) is 9.54. The molecule has 3 aromatic rings. The molecule has 10 nitrogen and oxygen atoms in total. The first-order valence-corrected chi connectivity index (χ1v) is 11.0. The molecule has 2 heterocycles. The van der Waals surface area contributed by atoms with Gasteiger partial charge in [-0.05, 0) is 43.2 Å². The predicted molar refractivity (Wildman–Crippen MR) is 111 cm³/mol. The van der Waals surface area contributed by atoms with Crippen LogP contribution in [0.15, 0.2) is 56.7 Å². The van der Waals surface area contributed by atoms with Gasteiger partial charge in [-0.3, -0.25) is 14.3 Å². The van der Waals surface area contributed by atoms with E-state index in [0.29, 0.717) is 24.3 Å². The third-order valence-electron chi connectivity index (χ3n) is 4.94. The van der Waals surface area contributed by atoms with Crippen LogP contribution in [0.2, 0.25) is 0 Å². The smallest absolute Gasteiger partial charge is 0.439 e. The van der Waals surface area contributed by atoms with Crippen molar-refractivity contribution >= 4 is 21.6 Å². The van der Waals surface area contributed by atoms with E-state index in [1.165, 1.54) is 29.6 Å². The molecule has 1 amide bonds. The molecule has 162 valence electrons. The number of rotatable bonds is 6. The number of methoxy groups -OCH3 is 1. The van der Waals surface area contributed by atoms with Crippen molar-refractivity contribution < 1.29 is 22.5 Å². The largest absolute Gasteiger partial charge is 0.495 e. The lowest BCUT2D eigenvalue weighted by Crippen LogP contribution is -2.28. The fourth-order valence-corrected chi connectivity index (χ4v) is 5.09. The zero-order chi connectivity index (χ0) is 22.0. The number of amides is 1. The number of aromatic nitrogens is 2. The molecule has 0 spiro atoms. The summed E-state index contributed by atoms with van der Waals surface area (Å²) in [6.07, 6.45) is 1.60. The predicted octanol–water partition coefficient (Wildman–Crippen LogP) is 2.08. The lowest BCUT2D eigenvalue weighted by molar-refractivity contribution is 0.102. The number of carbonyl (C=O) groups excluding carboxylic acids is 1. The highest BCUT2D eigenvalue weighted by atomic mass is 32.2. The number of sulfonamides is 1. The second kappa shape index (κ2) is 8.36. The van der Waals surface area contributed by atoms with Crippen molar-refractivity contribution in [3.05, 3.63) is 58.6 Å². The summed E-state index contributed by atoms with van der Waals surface area (Å²) in [6, 6.07) is 10.9. The third-order valence-corrected chi connectivity index (χ3v) is 6.86. The monoisotopic (exact) mass is 444 g/mol. The summed E-state index contributed by atoms with van der Waals surface area (Å²) in [7, 11) is -2.39. The number of carbonyl (C=O) groups is 1. The van der Waals surface area contributed by atoms with Crippen LogP contribution in [-0.4, -0.2) is 49.0 Å². The van der Waals surface area contributed by atoms with Crippen LogP contribution in [0.1, 0.15) is 23.2 Å². The van der Waals surface area contributed by atoms with E-state index in [1.807, 2.05) is 0 Å². The number of hydrogen-bond donors (Lipinski definition) is 2. The first-order chi connectivity index (χ1) is 14.9. The summed E-state index contributed by atoms with van der Waals surface area (Å²) in [4.78, 5) is 26.4. The molecule has 11 heteroatoms.